The molecule has 0 aliphatic heterocycles. The summed E-state index contributed by atoms with van der Waals surface area (Å²) >= 11 is 0. The van der Waals surface area contributed by atoms with Gasteiger partial charge in [-0.15, -0.1) is 0 Å². The number of aromatic nitrogens is 3. The van der Waals surface area contributed by atoms with Crippen molar-refractivity contribution >= 4 is 11.0 Å². The highest BCUT2D eigenvalue weighted by Crippen LogP contribution is 2.46. The van der Waals surface area contributed by atoms with E-state index in [2.05, 4.69) is 83.3 Å². The lowest BCUT2D eigenvalue weighted by atomic mass is 9.95. The smallest absolute Gasteiger partial charge is 0.241 e. The highest BCUT2D eigenvalue weighted by molar-refractivity contribution is 5.84. The summed E-state index contributed by atoms with van der Waals surface area (Å²) < 4.78 is 27.5. The molecule has 1 aliphatic rings. The predicted molar refractivity (Wildman–Crippen MR) is 166 cm³/mol. The van der Waals surface area contributed by atoms with Crippen LogP contribution in [0.25, 0.3) is 11.0 Å². The molecule has 1 aliphatic carbocycles. The Labute approximate surface area is 253 Å². The van der Waals surface area contributed by atoms with Gasteiger partial charge in [0, 0.05) is 17.7 Å². The summed E-state index contributed by atoms with van der Waals surface area (Å²) in [5.41, 5.74) is 6.23. The molecule has 0 bridgehead atoms. The van der Waals surface area contributed by atoms with Crippen LogP contribution in [0.1, 0.15) is 47.9 Å². The molecule has 2 aromatic heterocycles. The van der Waals surface area contributed by atoms with E-state index in [0.717, 1.165) is 46.1 Å². The first kappa shape index (κ1) is 29.1. The first-order valence-electron chi connectivity index (χ1n) is 15.1. The van der Waals surface area contributed by atoms with E-state index < -0.39 is 0 Å². The van der Waals surface area contributed by atoms with Crippen molar-refractivity contribution in [2.45, 2.75) is 64.4 Å². The van der Waals surface area contributed by atoms with Crippen LogP contribution in [0.15, 0.2) is 104 Å². The molecule has 222 valence electrons. The largest absolute Gasteiger partial charge is 0.479 e. The number of benzene rings is 3. The predicted octanol–water partition coefficient (Wildman–Crippen LogP) is 7.30. The van der Waals surface area contributed by atoms with E-state index in [-0.39, 0.29) is 18.1 Å². The van der Waals surface area contributed by atoms with E-state index in [1.54, 1.807) is 13.4 Å². The second-order valence-corrected chi connectivity index (χ2v) is 11.1. The van der Waals surface area contributed by atoms with Gasteiger partial charge in [0.05, 0.1) is 44.7 Å². The molecule has 3 aromatic carbocycles. The zero-order valence-corrected chi connectivity index (χ0v) is 24.8. The summed E-state index contributed by atoms with van der Waals surface area (Å²) in [5, 5.41) is 0. The van der Waals surface area contributed by atoms with Crippen LogP contribution in [0.5, 0.6) is 5.88 Å². The van der Waals surface area contributed by atoms with E-state index in [4.69, 9.17) is 23.9 Å². The topological polar surface area (TPSA) is 67.6 Å². The molecule has 0 amide bonds. The van der Waals surface area contributed by atoms with E-state index in [9.17, 15) is 0 Å². The standard InChI is InChI=1S/C36H39N3O4/c1-3-29-19-30(35(43-23-28-17-11-6-12-18-28)34(29)42-22-27-15-9-5-10-16-27)31-20-39(25-41-21-26-13-7-4-8-14-26)33-32(31)37-24-38-36(33)40-2/h4-18,20,24,29-30,34-35H,3,19,21-23,25H2,1-2H3/t29-,30-,34-,35?/m0/s1. The lowest BCUT2D eigenvalue weighted by Crippen LogP contribution is -2.33. The third-order valence-corrected chi connectivity index (χ3v) is 8.42. The van der Waals surface area contributed by atoms with Crippen molar-refractivity contribution in [1.29, 1.82) is 0 Å². The molecule has 0 spiro atoms. The normalized spacial score (nSPS) is 20.0. The molecule has 7 nitrogen and oxygen atoms in total. The second-order valence-electron chi connectivity index (χ2n) is 11.1. The molecule has 1 unspecified atom stereocenters. The number of ether oxygens (including phenoxy) is 4. The summed E-state index contributed by atoms with van der Waals surface area (Å²) in [6.45, 7) is 4.16. The highest BCUT2D eigenvalue weighted by atomic mass is 16.5. The number of methoxy groups -OCH3 is 1. The molecule has 1 fully saturated rings. The minimum absolute atomic E-state index is 0.0598. The van der Waals surface area contributed by atoms with Crippen LogP contribution in [0.4, 0.5) is 0 Å². The molecule has 43 heavy (non-hydrogen) atoms. The molecular weight excluding hydrogens is 538 g/mol. The van der Waals surface area contributed by atoms with Gasteiger partial charge in [-0.05, 0) is 29.0 Å². The van der Waals surface area contributed by atoms with Gasteiger partial charge >= 0.3 is 0 Å². The Morgan fingerprint density at radius 1 is 0.744 bits per heavy atom. The van der Waals surface area contributed by atoms with Crippen LogP contribution in [-0.4, -0.2) is 33.9 Å². The van der Waals surface area contributed by atoms with Crippen molar-refractivity contribution in [3.05, 3.63) is 126 Å². The highest BCUT2D eigenvalue weighted by Gasteiger charge is 2.46. The number of rotatable bonds is 13. The van der Waals surface area contributed by atoms with Crippen molar-refractivity contribution in [3.63, 3.8) is 0 Å². The lowest BCUT2D eigenvalue weighted by Gasteiger charge is -2.27. The summed E-state index contributed by atoms with van der Waals surface area (Å²) in [6.07, 6.45) is 5.46. The first-order chi connectivity index (χ1) is 21.2. The maximum Gasteiger partial charge on any atom is 0.241 e. The zero-order valence-electron chi connectivity index (χ0n) is 24.8. The summed E-state index contributed by atoms with van der Waals surface area (Å²) in [6, 6.07) is 30.9. The SMILES string of the molecule is CC[C@H]1C[C@@H](c2cn(COCc3ccccc3)c3c(OC)ncnc23)C(OCc2ccccc2)[C@H]1OCc1ccccc1. The van der Waals surface area contributed by atoms with Gasteiger partial charge in [0.1, 0.15) is 18.6 Å². The Morgan fingerprint density at radius 2 is 1.33 bits per heavy atom. The molecule has 0 radical (unpaired) electrons. The molecule has 2 heterocycles. The minimum Gasteiger partial charge on any atom is -0.479 e. The van der Waals surface area contributed by atoms with Gasteiger partial charge in [-0.2, -0.15) is 4.98 Å². The van der Waals surface area contributed by atoms with Crippen LogP contribution in [-0.2, 0) is 40.8 Å². The average molecular weight is 578 g/mol. The van der Waals surface area contributed by atoms with Gasteiger partial charge < -0.3 is 23.5 Å². The number of fused-ring (bicyclic) bond motifs is 1. The van der Waals surface area contributed by atoms with E-state index in [1.165, 1.54) is 0 Å². The number of hydrogen-bond acceptors (Lipinski definition) is 6. The summed E-state index contributed by atoms with van der Waals surface area (Å²) in [4.78, 5) is 9.21. The van der Waals surface area contributed by atoms with Gasteiger partial charge in [0.25, 0.3) is 0 Å². The summed E-state index contributed by atoms with van der Waals surface area (Å²) in [7, 11) is 1.64. The maximum absolute atomic E-state index is 6.80. The van der Waals surface area contributed by atoms with E-state index in [0.29, 0.717) is 38.3 Å². The Morgan fingerprint density at radius 3 is 1.91 bits per heavy atom. The molecule has 5 aromatic rings. The van der Waals surface area contributed by atoms with Crippen LogP contribution in [0.3, 0.4) is 0 Å². The fourth-order valence-corrected chi connectivity index (χ4v) is 6.25. The third kappa shape index (κ3) is 6.64. The first-order valence-corrected chi connectivity index (χ1v) is 15.1. The molecule has 7 heteroatoms. The van der Waals surface area contributed by atoms with Crippen LogP contribution < -0.4 is 4.74 Å². The molecule has 1 saturated carbocycles. The van der Waals surface area contributed by atoms with Crippen molar-refractivity contribution < 1.29 is 18.9 Å². The van der Waals surface area contributed by atoms with Gasteiger partial charge in [0.15, 0.2) is 0 Å². The van der Waals surface area contributed by atoms with Gasteiger partial charge in [-0.1, -0.05) is 104 Å². The van der Waals surface area contributed by atoms with E-state index >= 15 is 0 Å². The van der Waals surface area contributed by atoms with Gasteiger partial charge in [-0.3, -0.25) is 0 Å². The fraction of sp³-hybridized carbons (Fsp3) is 0.333. The van der Waals surface area contributed by atoms with Gasteiger partial charge in [-0.25, -0.2) is 4.98 Å². The van der Waals surface area contributed by atoms with Crippen molar-refractivity contribution in [1.82, 2.24) is 14.5 Å². The number of nitrogens with zero attached hydrogens (tertiary/aromatic N) is 3. The molecular formula is C36H39N3O4. The Balaban J connectivity index is 1.32. The Bertz CT molecular complexity index is 1580. The van der Waals surface area contributed by atoms with Crippen molar-refractivity contribution in [3.8, 4) is 5.88 Å². The van der Waals surface area contributed by atoms with Crippen LogP contribution in [0.2, 0.25) is 0 Å². The molecule has 0 saturated heterocycles. The van der Waals surface area contributed by atoms with Crippen molar-refractivity contribution in [2.75, 3.05) is 7.11 Å². The molecule has 4 atom stereocenters. The minimum atomic E-state index is -0.154. The Kier molecular flexibility index (Phi) is 9.43. The van der Waals surface area contributed by atoms with Crippen LogP contribution in [0, 0.1) is 5.92 Å². The second kappa shape index (κ2) is 14.0. The van der Waals surface area contributed by atoms with E-state index in [1.807, 2.05) is 30.3 Å². The molecule has 0 N–H and O–H groups in total. The van der Waals surface area contributed by atoms with Gasteiger partial charge in [0.2, 0.25) is 5.88 Å². The summed E-state index contributed by atoms with van der Waals surface area (Å²) in [5.74, 6) is 0.945. The maximum atomic E-state index is 6.80. The lowest BCUT2D eigenvalue weighted by molar-refractivity contribution is -0.0886. The molecule has 6 rings (SSSR count). The quantitative estimate of drug-likeness (QED) is 0.146. The zero-order chi connectivity index (χ0) is 29.4. The fourth-order valence-electron chi connectivity index (χ4n) is 6.25. The monoisotopic (exact) mass is 577 g/mol. The third-order valence-electron chi connectivity index (χ3n) is 8.42. The Hall–Kier alpha value is -4.04. The average Bonchev–Trinajstić information content (AvgIpc) is 3.61. The van der Waals surface area contributed by atoms with Crippen molar-refractivity contribution in [2.24, 2.45) is 5.92 Å². The number of hydrogen-bond donors (Lipinski definition) is 0. The van der Waals surface area contributed by atoms with Crippen LogP contribution >= 0.6 is 0 Å².